The number of nitrogens with zero attached hydrogens (tertiary/aromatic N) is 2. The molecule has 8 heteroatoms. The maximum atomic E-state index is 12.5. The lowest BCUT2D eigenvalue weighted by molar-refractivity contribution is 0.0570. The van der Waals surface area contributed by atoms with E-state index in [0.29, 0.717) is 44.1 Å². The van der Waals surface area contributed by atoms with Crippen LogP contribution in [0.15, 0.2) is 12.1 Å². The van der Waals surface area contributed by atoms with Crippen LogP contribution in [-0.4, -0.2) is 61.7 Å². The first kappa shape index (κ1) is 17.7. The fourth-order valence-electron chi connectivity index (χ4n) is 2.37. The highest BCUT2D eigenvalue weighted by molar-refractivity contribution is 6.37. The number of piperazine rings is 1. The Morgan fingerprint density at radius 3 is 2.09 bits per heavy atom. The van der Waals surface area contributed by atoms with Crippen molar-refractivity contribution in [3.63, 3.8) is 0 Å². The Balaban J connectivity index is 2.04. The molecule has 1 fully saturated rings. The average Bonchev–Trinajstić information content (AvgIpc) is 2.54. The van der Waals surface area contributed by atoms with Crippen LogP contribution >= 0.6 is 23.2 Å². The van der Waals surface area contributed by atoms with Crippen molar-refractivity contribution in [2.45, 2.75) is 6.92 Å². The number of hydrogen-bond donors (Lipinski definition) is 0. The summed E-state index contributed by atoms with van der Waals surface area (Å²) in [5, 5.41) is 0.571. The standard InChI is InChI=1S/C15H18Cl2N2O4/c1-3-23-15(21)19-6-4-18(5-7-19)14(20)10-8-11(16)13(22-2)12(17)9-10/h8-9H,3-7H2,1-2H3. The van der Waals surface area contributed by atoms with Gasteiger partial charge in [0, 0.05) is 31.7 Å². The monoisotopic (exact) mass is 360 g/mol. The van der Waals surface area contributed by atoms with Crippen LogP contribution in [0, 0.1) is 0 Å². The predicted molar refractivity (Wildman–Crippen MR) is 87.5 cm³/mol. The Kier molecular flexibility index (Phi) is 5.96. The molecule has 0 saturated carbocycles. The molecule has 6 nitrogen and oxygen atoms in total. The highest BCUT2D eigenvalue weighted by atomic mass is 35.5. The molecular weight excluding hydrogens is 343 g/mol. The maximum absolute atomic E-state index is 12.5. The molecule has 23 heavy (non-hydrogen) atoms. The topological polar surface area (TPSA) is 59.1 Å². The normalized spacial score (nSPS) is 14.6. The van der Waals surface area contributed by atoms with Crippen molar-refractivity contribution in [3.8, 4) is 5.75 Å². The quantitative estimate of drug-likeness (QED) is 0.831. The maximum Gasteiger partial charge on any atom is 0.409 e. The van der Waals surface area contributed by atoms with Crippen LogP contribution in [0.25, 0.3) is 0 Å². The lowest BCUT2D eigenvalue weighted by Gasteiger charge is -2.34. The van der Waals surface area contributed by atoms with Crippen LogP contribution in [0.4, 0.5) is 4.79 Å². The fourth-order valence-corrected chi connectivity index (χ4v) is 3.01. The van der Waals surface area contributed by atoms with E-state index in [-0.39, 0.29) is 22.0 Å². The number of halogens is 2. The third-order valence-electron chi connectivity index (χ3n) is 3.54. The highest BCUT2D eigenvalue weighted by Crippen LogP contribution is 2.34. The summed E-state index contributed by atoms with van der Waals surface area (Å²) in [6, 6.07) is 3.07. The first-order valence-electron chi connectivity index (χ1n) is 7.22. The van der Waals surface area contributed by atoms with E-state index in [1.165, 1.54) is 19.2 Å². The molecule has 1 aliphatic heterocycles. The van der Waals surface area contributed by atoms with Crippen molar-refractivity contribution >= 4 is 35.2 Å². The van der Waals surface area contributed by atoms with Gasteiger partial charge in [-0.05, 0) is 19.1 Å². The van der Waals surface area contributed by atoms with Gasteiger partial charge in [-0.1, -0.05) is 23.2 Å². The van der Waals surface area contributed by atoms with Gasteiger partial charge in [0.1, 0.15) is 0 Å². The van der Waals surface area contributed by atoms with Crippen molar-refractivity contribution in [1.82, 2.24) is 9.80 Å². The minimum absolute atomic E-state index is 0.181. The van der Waals surface area contributed by atoms with Gasteiger partial charge in [-0.2, -0.15) is 0 Å². The highest BCUT2D eigenvalue weighted by Gasteiger charge is 2.26. The summed E-state index contributed by atoms with van der Waals surface area (Å²) in [5.41, 5.74) is 0.394. The molecule has 0 atom stereocenters. The molecule has 1 aliphatic rings. The second-order valence-electron chi connectivity index (χ2n) is 4.95. The summed E-state index contributed by atoms with van der Waals surface area (Å²) >= 11 is 12.1. The second kappa shape index (κ2) is 7.75. The second-order valence-corrected chi connectivity index (χ2v) is 5.77. The molecule has 1 saturated heterocycles. The van der Waals surface area contributed by atoms with E-state index >= 15 is 0 Å². The van der Waals surface area contributed by atoms with Crippen LogP contribution in [0.3, 0.4) is 0 Å². The summed E-state index contributed by atoms with van der Waals surface area (Å²) in [6.45, 7) is 3.82. The van der Waals surface area contributed by atoms with Crippen LogP contribution in [0.2, 0.25) is 10.0 Å². The number of carbonyl (C=O) groups is 2. The molecule has 2 amide bonds. The van der Waals surface area contributed by atoms with Gasteiger partial charge in [0.25, 0.3) is 5.91 Å². The van der Waals surface area contributed by atoms with Crippen LogP contribution in [-0.2, 0) is 4.74 Å². The Morgan fingerprint density at radius 2 is 1.61 bits per heavy atom. The SMILES string of the molecule is CCOC(=O)N1CCN(C(=O)c2cc(Cl)c(OC)c(Cl)c2)CC1. The average molecular weight is 361 g/mol. The summed E-state index contributed by atoms with van der Waals surface area (Å²) < 4.78 is 10.0. The van der Waals surface area contributed by atoms with Gasteiger partial charge in [-0.15, -0.1) is 0 Å². The number of hydrogen-bond acceptors (Lipinski definition) is 4. The van der Waals surface area contributed by atoms with Crippen molar-refractivity contribution in [1.29, 1.82) is 0 Å². The third-order valence-corrected chi connectivity index (χ3v) is 4.10. The Labute approximate surface area is 144 Å². The largest absolute Gasteiger partial charge is 0.494 e. The van der Waals surface area contributed by atoms with E-state index in [1.807, 2.05) is 0 Å². The number of ether oxygens (including phenoxy) is 2. The number of carbonyl (C=O) groups excluding carboxylic acids is 2. The van der Waals surface area contributed by atoms with Crippen LogP contribution in [0.1, 0.15) is 17.3 Å². The molecule has 2 rings (SSSR count). The van der Waals surface area contributed by atoms with Gasteiger partial charge in [-0.3, -0.25) is 4.79 Å². The first-order valence-corrected chi connectivity index (χ1v) is 7.97. The molecule has 0 N–H and O–H groups in total. The summed E-state index contributed by atoms with van der Waals surface area (Å²) in [4.78, 5) is 27.4. The Morgan fingerprint density at radius 1 is 1.09 bits per heavy atom. The molecule has 1 heterocycles. The van der Waals surface area contributed by atoms with Crippen molar-refractivity contribution < 1.29 is 19.1 Å². The fraction of sp³-hybridized carbons (Fsp3) is 0.467. The molecule has 0 aromatic heterocycles. The molecule has 1 aromatic carbocycles. The van der Waals surface area contributed by atoms with Crippen molar-refractivity contribution in [3.05, 3.63) is 27.7 Å². The predicted octanol–water partition coefficient (Wildman–Crippen LogP) is 2.92. The van der Waals surface area contributed by atoms with E-state index in [4.69, 9.17) is 32.7 Å². The smallest absolute Gasteiger partial charge is 0.409 e. The molecule has 0 radical (unpaired) electrons. The molecule has 1 aromatic rings. The van der Waals surface area contributed by atoms with Gasteiger partial charge in [0.15, 0.2) is 5.75 Å². The Hall–Kier alpha value is -1.66. The van der Waals surface area contributed by atoms with Gasteiger partial charge < -0.3 is 19.3 Å². The zero-order valence-electron chi connectivity index (χ0n) is 13.0. The van der Waals surface area contributed by atoms with Gasteiger partial charge in [-0.25, -0.2) is 4.79 Å². The van der Waals surface area contributed by atoms with Crippen molar-refractivity contribution in [2.24, 2.45) is 0 Å². The molecular formula is C15H18Cl2N2O4. The summed E-state index contributed by atoms with van der Waals surface area (Å²) in [7, 11) is 1.46. The molecule has 0 unspecified atom stereocenters. The number of rotatable bonds is 3. The third kappa shape index (κ3) is 4.00. The Bertz CT molecular complexity index is 578. The molecule has 0 aliphatic carbocycles. The van der Waals surface area contributed by atoms with E-state index < -0.39 is 0 Å². The van der Waals surface area contributed by atoms with Crippen LogP contribution < -0.4 is 4.74 Å². The number of amides is 2. The minimum atomic E-state index is -0.352. The lowest BCUT2D eigenvalue weighted by Crippen LogP contribution is -2.50. The zero-order chi connectivity index (χ0) is 17.0. The van der Waals surface area contributed by atoms with Gasteiger partial charge in [0.05, 0.1) is 23.8 Å². The number of methoxy groups -OCH3 is 1. The summed E-state index contributed by atoms with van der Waals surface area (Å²) in [5.74, 6) is 0.164. The lowest BCUT2D eigenvalue weighted by atomic mass is 10.1. The minimum Gasteiger partial charge on any atom is -0.494 e. The number of benzene rings is 1. The molecule has 0 bridgehead atoms. The van der Waals surface area contributed by atoms with Crippen LogP contribution in [0.5, 0.6) is 5.75 Å². The van der Waals surface area contributed by atoms with E-state index in [0.717, 1.165) is 0 Å². The van der Waals surface area contributed by atoms with E-state index in [1.54, 1.807) is 16.7 Å². The van der Waals surface area contributed by atoms with Gasteiger partial charge in [0.2, 0.25) is 0 Å². The van der Waals surface area contributed by atoms with E-state index in [2.05, 4.69) is 0 Å². The molecule has 0 spiro atoms. The summed E-state index contributed by atoms with van der Waals surface area (Å²) in [6.07, 6.45) is -0.352. The molecule has 126 valence electrons. The first-order chi connectivity index (χ1) is 11.0. The van der Waals surface area contributed by atoms with Gasteiger partial charge >= 0.3 is 6.09 Å². The zero-order valence-corrected chi connectivity index (χ0v) is 14.5. The van der Waals surface area contributed by atoms with Crippen molar-refractivity contribution in [2.75, 3.05) is 39.9 Å². The van der Waals surface area contributed by atoms with E-state index in [9.17, 15) is 9.59 Å².